The number of carbonyl (C=O) groups excluding carboxylic acids is 3. The molecule has 1 rings (SSSR count). The number of nitrogens with zero attached hydrogens (tertiary/aromatic N) is 2. The lowest BCUT2D eigenvalue weighted by Gasteiger charge is -2.09. The van der Waals surface area contributed by atoms with Gasteiger partial charge in [0.25, 0.3) is 0 Å². The van der Waals surface area contributed by atoms with E-state index in [-0.39, 0.29) is 12.4 Å². The summed E-state index contributed by atoms with van der Waals surface area (Å²) < 4.78 is 0. The molecule has 6 heteroatoms. The molecule has 0 N–H and O–H groups in total. The highest BCUT2D eigenvalue weighted by Gasteiger charge is 2.41. The van der Waals surface area contributed by atoms with Crippen LogP contribution in [0.25, 0.3) is 0 Å². The fourth-order valence-corrected chi connectivity index (χ4v) is 1.06. The summed E-state index contributed by atoms with van der Waals surface area (Å²) in [4.78, 5) is 34.5. The summed E-state index contributed by atoms with van der Waals surface area (Å²) in [5, 5.41) is 0. The highest BCUT2D eigenvalue weighted by atomic mass is 35.5. The second kappa shape index (κ2) is 3.10. The standard InChI is InChI=1S/C6H7ClN2O3/c1-8-4(10)5(11)9(3-2-7)6(8)12/h2-3H2,1H3. The number of amides is 4. The van der Waals surface area contributed by atoms with E-state index in [1.807, 2.05) is 0 Å². The highest BCUT2D eigenvalue weighted by molar-refractivity contribution is 6.44. The van der Waals surface area contributed by atoms with Crippen LogP contribution in [0.1, 0.15) is 0 Å². The Labute approximate surface area is 73.9 Å². The number of urea groups is 1. The second-order valence-electron chi connectivity index (χ2n) is 2.29. The molecular weight excluding hydrogens is 184 g/mol. The van der Waals surface area contributed by atoms with Crippen LogP contribution in [0.2, 0.25) is 0 Å². The number of hydrogen-bond acceptors (Lipinski definition) is 3. The molecule has 4 amide bonds. The van der Waals surface area contributed by atoms with Gasteiger partial charge < -0.3 is 0 Å². The van der Waals surface area contributed by atoms with E-state index in [1.165, 1.54) is 7.05 Å². The molecule has 0 aromatic carbocycles. The third kappa shape index (κ3) is 1.16. The molecule has 0 aromatic rings. The molecule has 0 unspecified atom stereocenters. The molecule has 1 aliphatic rings. The van der Waals surface area contributed by atoms with E-state index in [2.05, 4.69) is 0 Å². The predicted molar refractivity (Wildman–Crippen MR) is 40.6 cm³/mol. The lowest BCUT2D eigenvalue weighted by molar-refractivity contribution is -0.142. The van der Waals surface area contributed by atoms with E-state index in [9.17, 15) is 14.4 Å². The van der Waals surface area contributed by atoms with E-state index >= 15 is 0 Å². The highest BCUT2D eigenvalue weighted by Crippen LogP contribution is 2.08. The van der Waals surface area contributed by atoms with Crippen LogP contribution in [0, 0.1) is 0 Å². The van der Waals surface area contributed by atoms with Crippen LogP contribution in [-0.4, -0.2) is 47.1 Å². The zero-order valence-electron chi connectivity index (χ0n) is 6.41. The molecule has 66 valence electrons. The molecule has 0 atom stereocenters. The first kappa shape index (κ1) is 8.99. The molecule has 1 fully saturated rings. The Balaban J connectivity index is 2.84. The SMILES string of the molecule is CN1C(=O)C(=O)N(CCCl)C1=O. The Morgan fingerprint density at radius 2 is 1.83 bits per heavy atom. The van der Waals surface area contributed by atoms with Crippen LogP contribution in [0.15, 0.2) is 0 Å². The Morgan fingerprint density at radius 3 is 2.17 bits per heavy atom. The van der Waals surface area contributed by atoms with Crippen molar-refractivity contribution in [3.05, 3.63) is 0 Å². The first-order chi connectivity index (χ1) is 5.59. The number of imide groups is 2. The van der Waals surface area contributed by atoms with Crippen molar-refractivity contribution in [2.75, 3.05) is 19.5 Å². The summed E-state index contributed by atoms with van der Waals surface area (Å²) in [5.41, 5.74) is 0. The third-order valence-corrected chi connectivity index (χ3v) is 1.73. The van der Waals surface area contributed by atoms with Gasteiger partial charge in [-0.3, -0.25) is 19.4 Å². The van der Waals surface area contributed by atoms with Crippen LogP contribution in [0.3, 0.4) is 0 Å². The quantitative estimate of drug-likeness (QED) is 0.340. The number of hydrogen-bond donors (Lipinski definition) is 0. The maximum Gasteiger partial charge on any atom is 0.333 e. The molecule has 0 bridgehead atoms. The number of halogens is 1. The van der Waals surface area contributed by atoms with Gasteiger partial charge in [-0.05, 0) is 0 Å². The van der Waals surface area contributed by atoms with Gasteiger partial charge in [0.05, 0.1) is 0 Å². The van der Waals surface area contributed by atoms with Crippen molar-refractivity contribution in [1.29, 1.82) is 0 Å². The zero-order valence-corrected chi connectivity index (χ0v) is 7.17. The summed E-state index contributed by atoms with van der Waals surface area (Å²) in [6, 6.07) is -0.606. The van der Waals surface area contributed by atoms with Gasteiger partial charge in [0.15, 0.2) is 0 Å². The second-order valence-corrected chi connectivity index (χ2v) is 2.67. The van der Waals surface area contributed by atoms with Gasteiger partial charge in [-0.1, -0.05) is 0 Å². The fourth-order valence-electron chi connectivity index (χ4n) is 0.895. The number of likely N-dealkylation sites (N-methyl/N-ethyl adjacent to an activating group) is 1. The Morgan fingerprint density at radius 1 is 1.25 bits per heavy atom. The van der Waals surface area contributed by atoms with Gasteiger partial charge >= 0.3 is 17.8 Å². The molecule has 12 heavy (non-hydrogen) atoms. The van der Waals surface area contributed by atoms with Gasteiger partial charge in [0.2, 0.25) is 0 Å². The van der Waals surface area contributed by atoms with Crippen molar-refractivity contribution >= 4 is 29.4 Å². The molecular formula is C6H7ClN2O3. The van der Waals surface area contributed by atoms with Gasteiger partial charge in [-0.25, -0.2) is 4.79 Å². The van der Waals surface area contributed by atoms with Crippen molar-refractivity contribution in [2.24, 2.45) is 0 Å². The summed E-state index contributed by atoms with van der Waals surface area (Å²) in [6.07, 6.45) is 0. The van der Waals surface area contributed by atoms with Crippen molar-refractivity contribution < 1.29 is 14.4 Å². The topological polar surface area (TPSA) is 57.7 Å². The third-order valence-electron chi connectivity index (χ3n) is 1.56. The molecule has 1 saturated heterocycles. The van der Waals surface area contributed by atoms with Crippen LogP contribution >= 0.6 is 11.6 Å². The average Bonchev–Trinajstić information content (AvgIpc) is 2.23. The van der Waals surface area contributed by atoms with E-state index in [4.69, 9.17) is 11.6 Å². The minimum Gasteiger partial charge on any atom is -0.263 e. The minimum absolute atomic E-state index is 0.0787. The molecule has 0 spiro atoms. The lowest BCUT2D eigenvalue weighted by Crippen LogP contribution is -2.33. The van der Waals surface area contributed by atoms with Gasteiger partial charge in [-0.2, -0.15) is 0 Å². The first-order valence-electron chi connectivity index (χ1n) is 3.29. The van der Waals surface area contributed by atoms with E-state index in [1.54, 1.807) is 0 Å². The minimum atomic E-state index is -0.803. The van der Waals surface area contributed by atoms with E-state index in [0.29, 0.717) is 0 Å². The summed E-state index contributed by atoms with van der Waals surface area (Å²) >= 11 is 5.33. The molecule has 0 aliphatic carbocycles. The normalized spacial score (nSPS) is 18.0. The number of carbonyl (C=O) groups is 3. The summed E-state index contributed by atoms with van der Waals surface area (Å²) in [7, 11) is 1.26. The zero-order chi connectivity index (χ0) is 9.30. The van der Waals surface area contributed by atoms with Crippen LogP contribution < -0.4 is 0 Å². The smallest absolute Gasteiger partial charge is 0.263 e. The molecule has 0 radical (unpaired) electrons. The summed E-state index contributed by atoms with van der Waals surface area (Å²) in [5.74, 6) is -1.47. The van der Waals surface area contributed by atoms with Crippen LogP contribution in [-0.2, 0) is 9.59 Å². The molecule has 0 aromatic heterocycles. The van der Waals surface area contributed by atoms with Crippen molar-refractivity contribution in [2.45, 2.75) is 0 Å². The van der Waals surface area contributed by atoms with Crippen LogP contribution in [0.4, 0.5) is 4.79 Å². The van der Waals surface area contributed by atoms with Gasteiger partial charge in [0, 0.05) is 19.5 Å². The maximum absolute atomic E-state index is 11.1. The fraction of sp³-hybridized carbons (Fsp3) is 0.500. The molecule has 5 nitrogen and oxygen atoms in total. The van der Waals surface area contributed by atoms with Crippen molar-refractivity contribution in [3.8, 4) is 0 Å². The maximum atomic E-state index is 11.1. The Hall–Kier alpha value is -1.10. The van der Waals surface area contributed by atoms with Gasteiger partial charge in [0.1, 0.15) is 0 Å². The Kier molecular flexibility index (Phi) is 2.32. The Bertz CT molecular complexity index is 253. The number of alkyl halides is 1. The summed E-state index contributed by atoms with van der Waals surface area (Å²) in [6.45, 7) is 0.0787. The van der Waals surface area contributed by atoms with E-state index in [0.717, 1.165) is 9.80 Å². The van der Waals surface area contributed by atoms with Crippen molar-refractivity contribution in [1.82, 2.24) is 9.80 Å². The average molecular weight is 191 g/mol. The lowest BCUT2D eigenvalue weighted by atomic mass is 10.5. The largest absolute Gasteiger partial charge is 0.333 e. The molecule has 1 aliphatic heterocycles. The van der Waals surface area contributed by atoms with Crippen LogP contribution in [0.5, 0.6) is 0 Å². The predicted octanol–water partition coefficient (Wildman–Crippen LogP) is -0.354. The number of rotatable bonds is 2. The van der Waals surface area contributed by atoms with E-state index < -0.39 is 17.8 Å². The van der Waals surface area contributed by atoms with Crippen molar-refractivity contribution in [3.63, 3.8) is 0 Å². The molecule has 0 saturated carbocycles. The molecule has 1 heterocycles. The monoisotopic (exact) mass is 190 g/mol. The first-order valence-corrected chi connectivity index (χ1v) is 3.82. The van der Waals surface area contributed by atoms with Gasteiger partial charge in [-0.15, -0.1) is 11.6 Å².